The largest absolute Gasteiger partial charge is 0.399 e. The van der Waals surface area contributed by atoms with E-state index in [1.807, 2.05) is 0 Å². The molecule has 0 amide bonds. The zero-order valence-corrected chi connectivity index (χ0v) is 11.2. The van der Waals surface area contributed by atoms with E-state index >= 15 is 0 Å². The summed E-state index contributed by atoms with van der Waals surface area (Å²) in [4.78, 5) is 1.70. The number of nitrogen functional groups attached to an aromatic ring is 1. The average Bonchev–Trinajstić information content (AvgIpc) is 2.50. The molecule has 106 valence electrons. The fraction of sp³-hybridized carbons (Fsp3) is 0.500. The molecule has 1 saturated heterocycles. The highest BCUT2D eigenvalue weighted by molar-refractivity contribution is 7.91. The van der Waals surface area contributed by atoms with Gasteiger partial charge >= 0.3 is 0 Å². The van der Waals surface area contributed by atoms with Crippen molar-refractivity contribution in [3.8, 4) is 0 Å². The third kappa shape index (κ3) is 3.34. The molecule has 0 aromatic heterocycles. The Hall–Kier alpha value is -1.37. The van der Waals surface area contributed by atoms with E-state index < -0.39 is 16.3 Å². The van der Waals surface area contributed by atoms with Crippen LogP contribution >= 0.6 is 0 Å². The first kappa shape index (κ1) is 14.0. The van der Waals surface area contributed by atoms with Crippen molar-refractivity contribution < 1.29 is 17.2 Å². The van der Waals surface area contributed by atoms with Crippen LogP contribution < -0.4 is 10.6 Å². The van der Waals surface area contributed by atoms with Crippen LogP contribution in [-0.4, -0.2) is 33.0 Å². The predicted octanol–water partition coefficient (Wildman–Crippen LogP) is 1.83. The molecule has 0 spiro atoms. The molecule has 2 rings (SSSR count). The molecule has 7 heteroatoms. The molecule has 1 aliphatic rings. The normalized spacial score (nSPS) is 19.4. The van der Waals surface area contributed by atoms with Crippen molar-refractivity contribution in [3.63, 3.8) is 0 Å². The minimum absolute atomic E-state index is 0.0000541. The summed E-state index contributed by atoms with van der Waals surface area (Å²) in [7, 11) is -3.06. The fourth-order valence-corrected chi connectivity index (χ4v) is 3.49. The molecule has 0 saturated carbocycles. The monoisotopic (exact) mass is 290 g/mol. The van der Waals surface area contributed by atoms with Crippen molar-refractivity contribution in [2.24, 2.45) is 0 Å². The zero-order chi connectivity index (χ0) is 14.0. The van der Waals surface area contributed by atoms with Gasteiger partial charge in [0, 0.05) is 30.0 Å². The highest BCUT2D eigenvalue weighted by atomic mass is 32.2. The maximum atomic E-state index is 13.0. The van der Waals surface area contributed by atoms with E-state index in [4.69, 9.17) is 5.73 Å². The Morgan fingerprint density at radius 1 is 1.21 bits per heavy atom. The average molecular weight is 290 g/mol. The van der Waals surface area contributed by atoms with E-state index in [1.54, 1.807) is 11.0 Å². The van der Waals surface area contributed by atoms with Gasteiger partial charge in [0.1, 0.15) is 0 Å². The van der Waals surface area contributed by atoms with Crippen LogP contribution in [0.5, 0.6) is 0 Å². The predicted molar refractivity (Wildman–Crippen MR) is 71.3 cm³/mol. The summed E-state index contributed by atoms with van der Waals surface area (Å²) in [6.07, 6.45) is -2.17. The Kier molecular flexibility index (Phi) is 3.93. The number of benzene rings is 1. The van der Waals surface area contributed by atoms with E-state index in [2.05, 4.69) is 0 Å². The van der Waals surface area contributed by atoms with E-state index in [9.17, 15) is 17.2 Å². The molecular weight excluding hydrogens is 274 g/mol. The summed E-state index contributed by atoms with van der Waals surface area (Å²) in [5, 5.41) is 0. The lowest BCUT2D eigenvalue weighted by molar-refractivity contribution is 0.152. The van der Waals surface area contributed by atoms with Gasteiger partial charge in [0.2, 0.25) is 0 Å². The first-order chi connectivity index (χ1) is 8.89. The standard InChI is InChI=1S/C12H16F2N2O2S/c13-12(14)10-8-9(15)2-3-11(10)16-4-1-6-19(17,18)7-5-16/h2-3,8,12H,1,4-7,15H2. The van der Waals surface area contributed by atoms with Crippen LogP contribution in [0.3, 0.4) is 0 Å². The number of sulfone groups is 1. The first-order valence-corrected chi connectivity index (χ1v) is 7.84. The van der Waals surface area contributed by atoms with Crippen molar-refractivity contribution in [2.75, 3.05) is 35.2 Å². The number of hydrogen-bond acceptors (Lipinski definition) is 4. The third-order valence-electron chi connectivity index (χ3n) is 3.18. The topological polar surface area (TPSA) is 63.4 Å². The van der Waals surface area contributed by atoms with Gasteiger partial charge < -0.3 is 10.6 Å². The van der Waals surface area contributed by atoms with Gasteiger partial charge in [-0.2, -0.15) is 0 Å². The van der Waals surface area contributed by atoms with Crippen molar-refractivity contribution in [1.82, 2.24) is 0 Å². The summed E-state index contributed by atoms with van der Waals surface area (Å²) in [5.74, 6) is 0.114. The summed E-state index contributed by atoms with van der Waals surface area (Å²) in [5.41, 5.74) is 6.04. The van der Waals surface area contributed by atoms with Gasteiger partial charge in [0.15, 0.2) is 9.84 Å². The lowest BCUT2D eigenvalue weighted by Crippen LogP contribution is -2.27. The molecule has 4 nitrogen and oxygen atoms in total. The highest BCUT2D eigenvalue weighted by Gasteiger charge is 2.23. The Morgan fingerprint density at radius 2 is 1.95 bits per heavy atom. The van der Waals surface area contributed by atoms with Crippen molar-refractivity contribution in [2.45, 2.75) is 12.8 Å². The van der Waals surface area contributed by atoms with Gasteiger partial charge in [-0.1, -0.05) is 0 Å². The van der Waals surface area contributed by atoms with Gasteiger partial charge in [-0.05, 0) is 24.6 Å². The number of rotatable bonds is 2. The van der Waals surface area contributed by atoms with Crippen LogP contribution in [0, 0.1) is 0 Å². The Morgan fingerprint density at radius 3 is 2.63 bits per heavy atom. The van der Waals surface area contributed by atoms with E-state index in [0.717, 1.165) is 0 Å². The number of alkyl halides is 2. The summed E-state index contributed by atoms with van der Waals surface area (Å²) < 4.78 is 49.1. The molecule has 1 aliphatic heterocycles. The lowest BCUT2D eigenvalue weighted by Gasteiger charge is -2.25. The number of anilines is 2. The molecule has 0 unspecified atom stereocenters. The summed E-state index contributed by atoms with van der Waals surface area (Å²) in [6.45, 7) is 0.703. The van der Waals surface area contributed by atoms with Crippen LogP contribution in [0.25, 0.3) is 0 Å². The quantitative estimate of drug-likeness (QED) is 0.844. The Bertz CT molecular complexity index is 561. The van der Waals surface area contributed by atoms with Gasteiger partial charge in [-0.25, -0.2) is 17.2 Å². The smallest absolute Gasteiger partial charge is 0.265 e. The fourth-order valence-electron chi connectivity index (χ4n) is 2.22. The van der Waals surface area contributed by atoms with Gasteiger partial charge in [0.05, 0.1) is 11.5 Å². The second kappa shape index (κ2) is 5.32. The first-order valence-electron chi connectivity index (χ1n) is 6.02. The number of hydrogen-bond donors (Lipinski definition) is 1. The van der Waals surface area contributed by atoms with Crippen LogP contribution in [0.15, 0.2) is 18.2 Å². The molecule has 1 fully saturated rings. The zero-order valence-electron chi connectivity index (χ0n) is 10.4. The molecule has 0 radical (unpaired) electrons. The molecular formula is C12H16F2N2O2S. The Balaban J connectivity index is 2.31. The SMILES string of the molecule is Nc1ccc(N2CCCS(=O)(=O)CC2)c(C(F)F)c1. The van der Waals surface area contributed by atoms with Crippen LogP contribution in [-0.2, 0) is 9.84 Å². The van der Waals surface area contributed by atoms with E-state index in [1.165, 1.54) is 12.1 Å². The van der Waals surface area contributed by atoms with Gasteiger partial charge in [-0.15, -0.1) is 0 Å². The third-order valence-corrected chi connectivity index (χ3v) is 4.90. The number of nitrogens with zero attached hydrogens (tertiary/aromatic N) is 1. The molecule has 0 bridgehead atoms. The number of halogens is 2. The Labute approximate surface area is 111 Å². The second-order valence-corrected chi connectivity index (χ2v) is 6.92. The van der Waals surface area contributed by atoms with Crippen LogP contribution in [0.4, 0.5) is 20.2 Å². The van der Waals surface area contributed by atoms with Gasteiger partial charge in [0.25, 0.3) is 6.43 Å². The maximum absolute atomic E-state index is 13.0. The summed E-state index contributed by atoms with van der Waals surface area (Å²) >= 11 is 0. The van der Waals surface area contributed by atoms with Crippen molar-refractivity contribution >= 4 is 21.2 Å². The minimum atomic E-state index is -3.06. The molecule has 0 atom stereocenters. The minimum Gasteiger partial charge on any atom is -0.399 e. The molecule has 1 aromatic carbocycles. The lowest BCUT2D eigenvalue weighted by atomic mass is 10.1. The molecule has 0 aliphatic carbocycles. The molecule has 1 heterocycles. The second-order valence-electron chi connectivity index (χ2n) is 4.61. The van der Waals surface area contributed by atoms with E-state index in [-0.39, 0.29) is 29.3 Å². The number of nitrogens with two attached hydrogens (primary N) is 1. The van der Waals surface area contributed by atoms with Crippen LogP contribution in [0.2, 0.25) is 0 Å². The molecule has 1 aromatic rings. The molecule has 2 N–H and O–H groups in total. The molecule has 19 heavy (non-hydrogen) atoms. The van der Waals surface area contributed by atoms with E-state index in [0.29, 0.717) is 18.7 Å². The maximum Gasteiger partial charge on any atom is 0.265 e. The van der Waals surface area contributed by atoms with Crippen molar-refractivity contribution in [3.05, 3.63) is 23.8 Å². The van der Waals surface area contributed by atoms with Crippen molar-refractivity contribution in [1.29, 1.82) is 0 Å². The highest BCUT2D eigenvalue weighted by Crippen LogP contribution is 2.32. The van der Waals surface area contributed by atoms with Crippen LogP contribution in [0.1, 0.15) is 18.4 Å². The van der Waals surface area contributed by atoms with Gasteiger partial charge in [-0.3, -0.25) is 0 Å². The summed E-state index contributed by atoms with van der Waals surface area (Å²) in [6, 6.07) is 4.34.